The lowest BCUT2D eigenvalue weighted by Crippen LogP contribution is -2.33. The van der Waals surface area contributed by atoms with Crippen molar-refractivity contribution in [3.63, 3.8) is 0 Å². The molecule has 0 bridgehead atoms. The van der Waals surface area contributed by atoms with Crippen molar-refractivity contribution in [2.75, 3.05) is 0 Å². The van der Waals surface area contributed by atoms with Crippen molar-refractivity contribution in [3.8, 4) is 11.3 Å². The highest BCUT2D eigenvalue weighted by Crippen LogP contribution is 2.48. The summed E-state index contributed by atoms with van der Waals surface area (Å²) in [6.07, 6.45) is 28.5. The summed E-state index contributed by atoms with van der Waals surface area (Å²) >= 11 is 0. The number of rotatable bonds is 21. The Bertz CT molecular complexity index is 1100. The molecule has 3 aliphatic carbocycles. The second-order valence-electron chi connectivity index (χ2n) is 14.3. The molecule has 0 aliphatic heterocycles. The summed E-state index contributed by atoms with van der Waals surface area (Å²) in [5.41, 5.74) is 2.54. The number of aromatic nitrogens is 1. The second-order valence-corrected chi connectivity index (χ2v) is 14.3. The highest BCUT2D eigenvalue weighted by atomic mass is 19.3. The van der Waals surface area contributed by atoms with Crippen molar-refractivity contribution >= 4 is 0 Å². The maximum absolute atomic E-state index is 15.5. The predicted molar refractivity (Wildman–Crippen MR) is 173 cm³/mol. The summed E-state index contributed by atoms with van der Waals surface area (Å²) in [4.78, 5) is 4.06. The Hall–Kier alpha value is -1.84. The van der Waals surface area contributed by atoms with E-state index in [-0.39, 0.29) is 0 Å². The van der Waals surface area contributed by atoms with Crippen molar-refractivity contribution < 1.29 is 13.2 Å². The largest absolute Gasteiger partial charge is 0.280 e. The normalized spacial score (nSPS) is 19.5. The van der Waals surface area contributed by atoms with Gasteiger partial charge in [-0.25, -0.2) is 13.8 Å². The first-order valence-electron chi connectivity index (χ1n) is 18.2. The zero-order valence-electron chi connectivity index (χ0n) is 26.7. The number of halogens is 3. The van der Waals surface area contributed by atoms with Gasteiger partial charge in [-0.1, -0.05) is 146 Å². The summed E-state index contributed by atoms with van der Waals surface area (Å²) < 4.78 is 46.2. The van der Waals surface area contributed by atoms with Crippen LogP contribution in [0.3, 0.4) is 0 Å². The molecule has 1 nitrogen and oxygen atoms in total. The summed E-state index contributed by atoms with van der Waals surface area (Å²) in [5.74, 6) is -2.83. The minimum Gasteiger partial charge on any atom is -0.219 e. The maximum atomic E-state index is 15.5. The number of fused-ring (bicyclic) bond motifs is 1. The van der Waals surface area contributed by atoms with Gasteiger partial charge in [0.05, 0.1) is 11.3 Å². The van der Waals surface area contributed by atoms with Gasteiger partial charge in [0.2, 0.25) is 5.95 Å². The highest BCUT2D eigenvalue weighted by Gasteiger charge is 2.47. The predicted octanol–water partition coefficient (Wildman–Crippen LogP) is 12.5. The third kappa shape index (κ3) is 10.4. The van der Waals surface area contributed by atoms with Crippen molar-refractivity contribution in [1.82, 2.24) is 4.98 Å². The molecule has 4 heteroatoms. The van der Waals surface area contributed by atoms with E-state index in [1.165, 1.54) is 115 Å². The zero-order chi connectivity index (χ0) is 29.9. The van der Waals surface area contributed by atoms with Crippen LogP contribution >= 0.6 is 0 Å². The molecule has 0 radical (unpaired) electrons. The van der Waals surface area contributed by atoms with Crippen LogP contribution in [0.4, 0.5) is 13.2 Å². The number of hydrogen-bond donors (Lipinski definition) is 0. The quantitative estimate of drug-likeness (QED) is 0.103. The number of benzene rings is 1. The summed E-state index contributed by atoms with van der Waals surface area (Å²) in [6.45, 7) is 0. The molecule has 1 unspecified atom stereocenters. The van der Waals surface area contributed by atoms with Crippen molar-refractivity contribution in [3.05, 3.63) is 53.0 Å². The molecular formula is C39H56F3N. The number of pyridine rings is 1. The van der Waals surface area contributed by atoms with E-state index < -0.39 is 23.4 Å². The minimum atomic E-state index is -3.15. The minimum absolute atomic E-state index is 0.420. The van der Waals surface area contributed by atoms with Crippen molar-refractivity contribution in [2.24, 2.45) is 17.8 Å². The van der Waals surface area contributed by atoms with E-state index in [2.05, 4.69) is 17.1 Å². The Labute approximate surface area is 259 Å². The Balaban J connectivity index is 1.02. The molecule has 1 atom stereocenters. The molecule has 3 aliphatic rings. The first kappa shape index (κ1) is 32.6. The lowest BCUT2D eigenvalue weighted by molar-refractivity contribution is -0.0824. The van der Waals surface area contributed by atoms with Gasteiger partial charge in [-0.2, -0.15) is 4.39 Å². The van der Waals surface area contributed by atoms with Crippen LogP contribution in [0.15, 0.2) is 30.3 Å². The number of nitrogens with zero attached hydrogens (tertiary/aromatic N) is 1. The van der Waals surface area contributed by atoms with Gasteiger partial charge in [0.1, 0.15) is 0 Å². The first-order valence-corrected chi connectivity index (χ1v) is 18.2. The van der Waals surface area contributed by atoms with Crippen LogP contribution < -0.4 is 0 Å². The van der Waals surface area contributed by atoms with E-state index in [0.29, 0.717) is 30.5 Å². The fourth-order valence-electron chi connectivity index (χ4n) is 7.31. The lowest BCUT2D eigenvalue weighted by Gasteiger charge is -2.33. The van der Waals surface area contributed by atoms with Gasteiger partial charge < -0.3 is 0 Å². The molecule has 2 aromatic rings. The summed E-state index contributed by atoms with van der Waals surface area (Å²) in [7, 11) is 0. The van der Waals surface area contributed by atoms with E-state index in [0.717, 1.165) is 43.1 Å². The molecule has 1 heterocycles. The van der Waals surface area contributed by atoms with Gasteiger partial charge >= 0.3 is 0 Å². The average molecular weight is 596 g/mol. The molecule has 0 N–H and O–H groups in total. The van der Waals surface area contributed by atoms with Crippen LogP contribution in [0.2, 0.25) is 0 Å². The number of alkyl halides is 2. The standard InChI is InChI=1S/C39H56F3N/c40-38-37-34(27-28-35(39(37,41)42)18-14-10-6-2-5-8-12-16-31-21-22-31)29-36(43-38)33-25-23-32(24-26-33)17-13-9-4-1-3-7-11-15-30-19-20-30/h23-26,29-31,35H,1-22,27-28H2. The molecule has 1 aromatic carbocycles. The van der Waals surface area contributed by atoms with Crippen LogP contribution in [-0.4, -0.2) is 4.98 Å². The molecule has 2 saturated carbocycles. The van der Waals surface area contributed by atoms with Crippen LogP contribution in [0, 0.1) is 23.7 Å². The molecule has 0 saturated heterocycles. The molecule has 0 spiro atoms. The molecular weight excluding hydrogens is 539 g/mol. The smallest absolute Gasteiger partial charge is 0.219 e. The molecule has 0 amide bonds. The Kier molecular flexibility index (Phi) is 12.5. The van der Waals surface area contributed by atoms with E-state index in [1.54, 1.807) is 6.07 Å². The van der Waals surface area contributed by atoms with Crippen LogP contribution in [0.5, 0.6) is 0 Å². The third-order valence-electron chi connectivity index (χ3n) is 10.6. The molecule has 1 aromatic heterocycles. The van der Waals surface area contributed by atoms with Gasteiger partial charge in [0.15, 0.2) is 0 Å². The number of unbranched alkanes of at least 4 members (excludes halogenated alkanes) is 12. The van der Waals surface area contributed by atoms with E-state index in [4.69, 9.17) is 0 Å². The Morgan fingerprint density at radius 3 is 1.70 bits per heavy atom. The van der Waals surface area contributed by atoms with E-state index in [9.17, 15) is 0 Å². The Morgan fingerprint density at radius 2 is 1.14 bits per heavy atom. The lowest BCUT2D eigenvalue weighted by atomic mass is 9.78. The van der Waals surface area contributed by atoms with E-state index in [1.807, 2.05) is 12.1 Å². The average Bonchev–Trinajstić information content (AvgIpc) is 3.93. The monoisotopic (exact) mass is 595 g/mol. The second kappa shape index (κ2) is 16.5. The SMILES string of the molecule is Fc1nc(-c2ccc(CCCCCCCCCC3CC3)cc2)cc2c1C(F)(F)C(CCCCCCCCCC1CC1)CC2. The first-order chi connectivity index (χ1) is 21.0. The maximum Gasteiger partial charge on any atom is 0.280 e. The Morgan fingerprint density at radius 1 is 0.628 bits per heavy atom. The van der Waals surface area contributed by atoms with Crippen LogP contribution in [0.25, 0.3) is 11.3 Å². The fourth-order valence-corrected chi connectivity index (χ4v) is 7.31. The number of hydrogen-bond acceptors (Lipinski definition) is 1. The van der Waals surface area contributed by atoms with Crippen LogP contribution in [0.1, 0.15) is 158 Å². The van der Waals surface area contributed by atoms with Gasteiger partial charge in [0.25, 0.3) is 5.92 Å². The highest BCUT2D eigenvalue weighted by molar-refractivity contribution is 5.61. The summed E-state index contributed by atoms with van der Waals surface area (Å²) in [5, 5.41) is 0. The van der Waals surface area contributed by atoms with Gasteiger partial charge in [-0.3, -0.25) is 0 Å². The molecule has 43 heavy (non-hydrogen) atoms. The summed E-state index contributed by atoms with van der Waals surface area (Å²) in [6, 6.07) is 9.84. The van der Waals surface area contributed by atoms with E-state index >= 15 is 13.2 Å². The van der Waals surface area contributed by atoms with Crippen molar-refractivity contribution in [1.29, 1.82) is 0 Å². The van der Waals surface area contributed by atoms with Gasteiger partial charge in [0, 0.05) is 11.5 Å². The zero-order valence-corrected chi connectivity index (χ0v) is 26.7. The number of aryl methyl sites for hydroxylation is 2. The molecule has 5 rings (SSSR count). The molecule has 238 valence electrons. The van der Waals surface area contributed by atoms with Gasteiger partial charge in [-0.15, -0.1) is 0 Å². The third-order valence-corrected chi connectivity index (χ3v) is 10.6. The molecule has 2 fully saturated rings. The van der Waals surface area contributed by atoms with Gasteiger partial charge in [-0.05, 0) is 61.1 Å². The topological polar surface area (TPSA) is 12.9 Å². The van der Waals surface area contributed by atoms with Crippen LogP contribution in [-0.2, 0) is 18.8 Å². The fraction of sp³-hybridized carbons (Fsp3) is 0.718. The van der Waals surface area contributed by atoms with Crippen molar-refractivity contribution in [2.45, 2.75) is 160 Å².